The lowest BCUT2D eigenvalue weighted by molar-refractivity contribution is 0.553. The molecule has 1 unspecified atom stereocenters. The van der Waals surface area contributed by atoms with Crippen LogP contribution < -0.4 is 5.32 Å². The van der Waals surface area contributed by atoms with Crippen molar-refractivity contribution in [1.29, 1.82) is 0 Å². The first-order valence-corrected chi connectivity index (χ1v) is 6.98. The first kappa shape index (κ1) is 12.2. The standard InChI is InChI=1S/C13H19N3S/c1-3-6-14-13-15-7-8-16(13)11(2)10-12-5-4-9-17-12/h4-5,7-9,11H,3,6,10H2,1-2H3,(H,14,15). The topological polar surface area (TPSA) is 29.9 Å². The van der Waals surface area contributed by atoms with Crippen molar-refractivity contribution in [1.82, 2.24) is 9.55 Å². The normalized spacial score (nSPS) is 12.6. The van der Waals surface area contributed by atoms with Gasteiger partial charge in [0.2, 0.25) is 5.95 Å². The lowest BCUT2D eigenvalue weighted by Gasteiger charge is -2.16. The molecule has 1 atom stereocenters. The zero-order valence-corrected chi connectivity index (χ0v) is 11.2. The highest BCUT2D eigenvalue weighted by molar-refractivity contribution is 7.09. The summed E-state index contributed by atoms with van der Waals surface area (Å²) < 4.78 is 2.22. The van der Waals surface area contributed by atoms with Gasteiger partial charge in [-0.15, -0.1) is 11.3 Å². The third kappa shape index (κ3) is 3.09. The fraction of sp³-hybridized carbons (Fsp3) is 0.462. The van der Waals surface area contributed by atoms with Crippen LogP contribution in [0.1, 0.15) is 31.2 Å². The zero-order chi connectivity index (χ0) is 12.1. The Balaban J connectivity index is 2.03. The maximum absolute atomic E-state index is 4.36. The molecule has 3 nitrogen and oxygen atoms in total. The molecule has 0 aliphatic rings. The second-order valence-electron chi connectivity index (χ2n) is 4.22. The molecule has 2 aromatic heterocycles. The average Bonchev–Trinajstić information content (AvgIpc) is 2.96. The number of nitrogens with zero attached hydrogens (tertiary/aromatic N) is 2. The average molecular weight is 249 g/mol. The summed E-state index contributed by atoms with van der Waals surface area (Å²) in [4.78, 5) is 5.78. The number of hydrogen-bond donors (Lipinski definition) is 1. The predicted octanol–water partition coefficient (Wildman–Crippen LogP) is 3.57. The van der Waals surface area contributed by atoms with Crippen molar-refractivity contribution in [3.63, 3.8) is 0 Å². The molecule has 17 heavy (non-hydrogen) atoms. The number of aromatic nitrogens is 2. The fourth-order valence-electron chi connectivity index (χ4n) is 1.86. The van der Waals surface area contributed by atoms with Crippen LogP contribution in [0.5, 0.6) is 0 Å². The van der Waals surface area contributed by atoms with Gasteiger partial charge in [-0.25, -0.2) is 4.98 Å². The van der Waals surface area contributed by atoms with Crippen molar-refractivity contribution in [2.75, 3.05) is 11.9 Å². The minimum Gasteiger partial charge on any atom is -0.356 e. The Morgan fingerprint density at radius 2 is 2.41 bits per heavy atom. The summed E-state index contributed by atoms with van der Waals surface area (Å²) in [5, 5.41) is 5.49. The molecule has 0 saturated heterocycles. The van der Waals surface area contributed by atoms with Crippen LogP contribution in [0.4, 0.5) is 5.95 Å². The van der Waals surface area contributed by atoms with E-state index in [4.69, 9.17) is 0 Å². The number of nitrogens with one attached hydrogen (secondary N) is 1. The van der Waals surface area contributed by atoms with Crippen LogP contribution >= 0.6 is 11.3 Å². The van der Waals surface area contributed by atoms with Crippen molar-refractivity contribution in [3.05, 3.63) is 34.8 Å². The van der Waals surface area contributed by atoms with Crippen LogP contribution in [0.2, 0.25) is 0 Å². The summed E-state index contributed by atoms with van der Waals surface area (Å²) in [5.74, 6) is 0.982. The number of anilines is 1. The highest BCUT2D eigenvalue weighted by Crippen LogP contribution is 2.20. The Morgan fingerprint density at radius 3 is 3.12 bits per heavy atom. The fourth-order valence-corrected chi connectivity index (χ4v) is 2.69. The summed E-state index contributed by atoms with van der Waals surface area (Å²) in [6, 6.07) is 4.74. The van der Waals surface area contributed by atoms with Gasteiger partial charge in [-0.1, -0.05) is 13.0 Å². The molecule has 4 heteroatoms. The van der Waals surface area contributed by atoms with Gasteiger partial charge in [0.15, 0.2) is 0 Å². The summed E-state index contributed by atoms with van der Waals surface area (Å²) in [6.45, 7) is 5.37. The third-order valence-electron chi connectivity index (χ3n) is 2.75. The smallest absolute Gasteiger partial charge is 0.203 e. The quantitative estimate of drug-likeness (QED) is 0.848. The molecule has 2 heterocycles. The second kappa shape index (κ2) is 5.87. The number of imidazole rings is 1. The molecular formula is C13H19N3S. The van der Waals surface area contributed by atoms with Gasteiger partial charge in [-0.05, 0) is 24.8 Å². The van der Waals surface area contributed by atoms with E-state index in [1.54, 1.807) is 0 Å². The van der Waals surface area contributed by atoms with Crippen molar-refractivity contribution >= 4 is 17.3 Å². The van der Waals surface area contributed by atoms with Crippen LogP contribution in [-0.2, 0) is 6.42 Å². The molecule has 0 bridgehead atoms. The molecular weight excluding hydrogens is 230 g/mol. The van der Waals surface area contributed by atoms with Crippen molar-refractivity contribution in [2.24, 2.45) is 0 Å². The minimum atomic E-state index is 0.440. The van der Waals surface area contributed by atoms with Gasteiger partial charge in [0.05, 0.1) is 0 Å². The summed E-state index contributed by atoms with van der Waals surface area (Å²) in [7, 11) is 0. The van der Waals surface area contributed by atoms with E-state index in [-0.39, 0.29) is 0 Å². The zero-order valence-electron chi connectivity index (χ0n) is 10.4. The van der Waals surface area contributed by atoms with E-state index in [0.29, 0.717) is 6.04 Å². The largest absolute Gasteiger partial charge is 0.356 e. The Morgan fingerprint density at radius 1 is 1.53 bits per heavy atom. The molecule has 92 valence electrons. The van der Waals surface area contributed by atoms with Gasteiger partial charge in [-0.3, -0.25) is 0 Å². The minimum absolute atomic E-state index is 0.440. The van der Waals surface area contributed by atoms with Gasteiger partial charge in [-0.2, -0.15) is 0 Å². The molecule has 0 aliphatic carbocycles. The molecule has 0 amide bonds. The first-order chi connectivity index (χ1) is 8.31. The van der Waals surface area contributed by atoms with E-state index in [1.807, 2.05) is 17.5 Å². The Bertz CT molecular complexity index is 433. The molecule has 2 rings (SSSR count). The summed E-state index contributed by atoms with van der Waals surface area (Å²) >= 11 is 1.82. The van der Waals surface area contributed by atoms with Crippen LogP contribution in [0, 0.1) is 0 Å². The molecule has 0 radical (unpaired) electrons. The van der Waals surface area contributed by atoms with Gasteiger partial charge < -0.3 is 9.88 Å². The predicted molar refractivity (Wildman–Crippen MR) is 73.7 cm³/mol. The Labute approximate surface area is 107 Å². The van der Waals surface area contributed by atoms with E-state index >= 15 is 0 Å². The van der Waals surface area contributed by atoms with Gasteiger partial charge in [0, 0.05) is 36.3 Å². The molecule has 2 aromatic rings. The van der Waals surface area contributed by atoms with Crippen molar-refractivity contribution in [3.8, 4) is 0 Å². The highest BCUT2D eigenvalue weighted by atomic mass is 32.1. The highest BCUT2D eigenvalue weighted by Gasteiger charge is 2.10. The number of rotatable bonds is 6. The van der Waals surface area contributed by atoms with E-state index in [2.05, 4.69) is 52.4 Å². The van der Waals surface area contributed by atoms with Crippen molar-refractivity contribution < 1.29 is 0 Å². The summed E-state index contributed by atoms with van der Waals surface area (Å²) in [5.41, 5.74) is 0. The molecule has 0 spiro atoms. The molecule has 0 aliphatic heterocycles. The Kier molecular flexibility index (Phi) is 4.20. The molecule has 0 aromatic carbocycles. The molecule has 1 N–H and O–H groups in total. The van der Waals surface area contributed by atoms with E-state index in [9.17, 15) is 0 Å². The van der Waals surface area contributed by atoms with Crippen LogP contribution in [-0.4, -0.2) is 16.1 Å². The van der Waals surface area contributed by atoms with Crippen LogP contribution in [0.3, 0.4) is 0 Å². The number of thiophene rings is 1. The first-order valence-electron chi connectivity index (χ1n) is 6.10. The van der Waals surface area contributed by atoms with Gasteiger partial charge in [0.25, 0.3) is 0 Å². The lowest BCUT2D eigenvalue weighted by atomic mass is 10.2. The lowest BCUT2D eigenvalue weighted by Crippen LogP contribution is -2.12. The van der Waals surface area contributed by atoms with Crippen LogP contribution in [0.15, 0.2) is 29.9 Å². The molecule has 0 saturated carbocycles. The SMILES string of the molecule is CCCNc1nccn1C(C)Cc1cccs1. The van der Waals surface area contributed by atoms with E-state index < -0.39 is 0 Å². The maximum atomic E-state index is 4.36. The van der Waals surface area contributed by atoms with Gasteiger partial charge in [0.1, 0.15) is 0 Å². The number of hydrogen-bond acceptors (Lipinski definition) is 3. The van der Waals surface area contributed by atoms with E-state index in [1.165, 1.54) is 4.88 Å². The monoisotopic (exact) mass is 249 g/mol. The Hall–Kier alpha value is -1.29. The third-order valence-corrected chi connectivity index (χ3v) is 3.65. The maximum Gasteiger partial charge on any atom is 0.203 e. The molecule has 0 fully saturated rings. The van der Waals surface area contributed by atoms with E-state index in [0.717, 1.165) is 25.3 Å². The van der Waals surface area contributed by atoms with Crippen molar-refractivity contribution in [2.45, 2.75) is 32.7 Å². The summed E-state index contributed by atoms with van der Waals surface area (Å²) in [6.07, 6.45) is 6.10. The van der Waals surface area contributed by atoms with Gasteiger partial charge >= 0.3 is 0 Å². The second-order valence-corrected chi connectivity index (χ2v) is 5.25. The van der Waals surface area contributed by atoms with Crippen LogP contribution in [0.25, 0.3) is 0 Å².